The molecular weight excluding hydrogens is 310 g/mol. The first-order valence-corrected chi connectivity index (χ1v) is 8.30. The molecule has 25 heavy (non-hydrogen) atoms. The zero-order chi connectivity index (χ0) is 17.6. The second kappa shape index (κ2) is 7.67. The fourth-order valence-electron chi connectivity index (χ4n) is 2.93. The molecule has 0 heterocycles. The van der Waals surface area contributed by atoms with Gasteiger partial charge in [0.25, 0.3) is 0 Å². The Bertz CT molecular complexity index is 774. The maximum atomic E-state index is 12.8. The summed E-state index contributed by atoms with van der Waals surface area (Å²) in [6.45, 7) is 0. The third-order valence-electron chi connectivity index (χ3n) is 4.39. The van der Waals surface area contributed by atoms with Crippen LogP contribution in [0.15, 0.2) is 84.9 Å². The molecule has 3 nitrogen and oxygen atoms in total. The molecule has 3 aromatic rings. The molecule has 0 bridgehead atoms. The maximum Gasteiger partial charge on any atom is 0.227 e. The van der Waals surface area contributed by atoms with Gasteiger partial charge >= 0.3 is 0 Å². The van der Waals surface area contributed by atoms with Crippen LogP contribution in [-0.2, 0) is 4.79 Å². The summed E-state index contributed by atoms with van der Waals surface area (Å²) in [4.78, 5) is 14.5. The van der Waals surface area contributed by atoms with Gasteiger partial charge in [-0.3, -0.25) is 4.79 Å². The first-order chi connectivity index (χ1) is 12.1. The number of amides is 1. The number of carbonyl (C=O) groups is 1. The van der Waals surface area contributed by atoms with Crippen molar-refractivity contribution in [3.63, 3.8) is 0 Å². The highest BCUT2D eigenvalue weighted by atomic mass is 16.3. The number of phenols is 1. The highest BCUT2D eigenvalue weighted by Crippen LogP contribution is 2.29. The largest absolute Gasteiger partial charge is 0.508 e. The lowest BCUT2D eigenvalue weighted by atomic mass is 9.88. The summed E-state index contributed by atoms with van der Waals surface area (Å²) in [5.74, 6) is 0.230. The van der Waals surface area contributed by atoms with E-state index in [1.165, 1.54) is 0 Å². The van der Waals surface area contributed by atoms with E-state index in [9.17, 15) is 9.90 Å². The van der Waals surface area contributed by atoms with Crippen molar-refractivity contribution in [1.82, 2.24) is 0 Å². The number of aromatic hydroxyl groups is 1. The lowest BCUT2D eigenvalue weighted by Gasteiger charge is -2.22. The number of benzene rings is 3. The van der Waals surface area contributed by atoms with Gasteiger partial charge in [0.15, 0.2) is 0 Å². The van der Waals surface area contributed by atoms with Crippen molar-refractivity contribution in [3.05, 3.63) is 96.1 Å². The van der Waals surface area contributed by atoms with Crippen molar-refractivity contribution in [3.8, 4) is 5.75 Å². The van der Waals surface area contributed by atoms with Gasteiger partial charge in [-0.05, 0) is 35.4 Å². The van der Waals surface area contributed by atoms with E-state index in [0.717, 1.165) is 16.8 Å². The SMILES string of the molecule is CN(C(=O)CC(c1ccccc1)c1ccccc1)c1ccc(O)cc1. The Kier molecular flexibility index (Phi) is 5.14. The quantitative estimate of drug-likeness (QED) is 0.743. The monoisotopic (exact) mass is 331 g/mol. The van der Waals surface area contributed by atoms with Crippen molar-refractivity contribution in [2.24, 2.45) is 0 Å². The Morgan fingerprint density at radius 2 is 1.32 bits per heavy atom. The molecule has 0 saturated heterocycles. The Labute approximate surface area is 148 Å². The van der Waals surface area contributed by atoms with Crippen molar-refractivity contribution >= 4 is 11.6 Å². The topological polar surface area (TPSA) is 40.5 Å². The van der Waals surface area contributed by atoms with E-state index in [1.54, 1.807) is 36.2 Å². The van der Waals surface area contributed by atoms with Crippen LogP contribution in [0.3, 0.4) is 0 Å². The second-order valence-electron chi connectivity index (χ2n) is 6.05. The molecule has 0 fully saturated rings. The Morgan fingerprint density at radius 3 is 1.80 bits per heavy atom. The molecule has 0 aliphatic carbocycles. The molecule has 0 aromatic heterocycles. The molecule has 0 unspecified atom stereocenters. The van der Waals surface area contributed by atoms with Gasteiger partial charge in [-0.1, -0.05) is 60.7 Å². The Hall–Kier alpha value is -3.07. The van der Waals surface area contributed by atoms with Gasteiger partial charge in [-0.15, -0.1) is 0 Å². The fourth-order valence-corrected chi connectivity index (χ4v) is 2.93. The smallest absolute Gasteiger partial charge is 0.227 e. The summed E-state index contributed by atoms with van der Waals surface area (Å²) in [7, 11) is 1.77. The number of phenolic OH excluding ortho intramolecular Hbond substituents is 1. The molecule has 3 rings (SSSR count). The molecule has 0 atom stereocenters. The van der Waals surface area contributed by atoms with Crippen LogP contribution in [0, 0.1) is 0 Å². The first-order valence-electron chi connectivity index (χ1n) is 8.30. The number of rotatable bonds is 5. The van der Waals surface area contributed by atoms with E-state index < -0.39 is 0 Å². The molecule has 3 aromatic carbocycles. The third-order valence-corrected chi connectivity index (χ3v) is 4.39. The average molecular weight is 331 g/mol. The lowest BCUT2D eigenvalue weighted by molar-refractivity contribution is -0.118. The molecule has 126 valence electrons. The highest BCUT2D eigenvalue weighted by molar-refractivity contribution is 5.93. The van der Waals surface area contributed by atoms with Crippen LogP contribution in [0.5, 0.6) is 5.75 Å². The molecule has 0 aliphatic rings. The molecular formula is C22H21NO2. The Balaban J connectivity index is 1.85. The van der Waals surface area contributed by atoms with Crippen molar-refractivity contribution in [1.29, 1.82) is 0 Å². The Morgan fingerprint density at radius 1 is 0.840 bits per heavy atom. The van der Waals surface area contributed by atoms with Crippen LogP contribution in [0.4, 0.5) is 5.69 Å². The van der Waals surface area contributed by atoms with Gasteiger partial charge in [0, 0.05) is 25.1 Å². The summed E-state index contributed by atoms with van der Waals surface area (Å²) in [6, 6.07) is 26.9. The van der Waals surface area contributed by atoms with Crippen molar-refractivity contribution in [2.45, 2.75) is 12.3 Å². The summed E-state index contributed by atoms with van der Waals surface area (Å²) in [5.41, 5.74) is 3.02. The van der Waals surface area contributed by atoms with Crippen LogP contribution >= 0.6 is 0 Å². The lowest BCUT2D eigenvalue weighted by Crippen LogP contribution is -2.27. The highest BCUT2D eigenvalue weighted by Gasteiger charge is 2.21. The standard InChI is InChI=1S/C22H21NO2/c1-23(19-12-14-20(24)15-13-19)22(25)16-21(17-8-4-2-5-9-17)18-10-6-3-7-11-18/h2-15,21,24H,16H2,1H3. The average Bonchev–Trinajstić information content (AvgIpc) is 2.67. The van der Waals surface area contributed by atoms with Crippen LogP contribution in [0.1, 0.15) is 23.5 Å². The molecule has 3 heteroatoms. The minimum Gasteiger partial charge on any atom is -0.508 e. The number of hydrogen-bond donors (Lipinski definition) is 1. The zero-order valence-corrected chi connectivity index (χ0v) is 14.2. The van der Waals surface area contributed by atoms with Gasteiger partial charge in [-0.2, -0.15) is 0 Å². The van der Waals surface area contributed by atoms with Crippen LogP contribution in [-0.4, -0.2) is 18.1 Å². The molecule has 1 N–H and O–H groups in total. The predicted octanol–water partition coefficient (Wildman–Crippen LogP) is 4.58. The molecule has 0 saturated carbocycles. The fraction of sp³-hybridized carbons (Fsp3) is 0.136. The zero-order valence-electron chi connectivity index (χ0n) is 14.2. The van der Waals surface area contributed by atoms with Crippen molar-refractivity contribution < 1.29 is 9.90 Å². The summed E-state index contributed by atoms with van der Waals surface area (Å²) in [6.07, 6.45) is 0.380. The predicted molar refractivity (Wildman–Crippen MR) is 101 cm³/mol. The minimum absolute atomic E-state index is 0.00876. The van der Waals surface area contributed by atoms with E-state index >= 15 is 0 Å². The number of carbonyl (C=O) groups excluding carboxylic acids is 1. The van der Waals surface area contributed by atoms with Crippen LogP contribution in [0.25, 0.3) is 0 Å². The molecule has 0 spiro atoms. The van der Waals surface area contributed by atoms with Crippen LogP contribution in [0.2, 0.25) is 0 Å². The number of hydrogen-bond acceptors (Lipinski definition) is 2. The van der Waals surface area contributed by atoms with Gasteiger partial charge in [0.05, 0.1) is 0 Å². The summed E-state index contributed by atoms with van der Waals surface area (Å²) in [5, 5.41) is 9.42. The van der Waals surface area contributed by atoms with E-state index in [4.69, 9.17) is 0 Å². The van der Waals surface area contributed by atoms with E-state index in [2.05, 4.69) is 24.3 Å². The number of anilines is 1. The van der Waals surface area contributed by atoms with Gasteiger partial charge < -0.3 is 10.0 Å². The summed E-state index contributed by atoms with van der Waals surface area (Å²) < 4.78 is 0. The number of nitrogens with zero attached hydrogens (tertiary/aromatic N) is 1. The van der Waals surface area contributed by atoms with Crippen molar-refractivity contribution in [2.75, 3.05) is 11.9 Å². The van der Waals surface area contributed by atoms with E-state index in [0.29, 0.717) is 6.42 Å². The maximum absolute atomic E-state index is 12.8. The van der Waals surface area contributed by atoms with Gasteiger partial charge in [0.2, 0.25) is 5.91 Å². The minimum atomic E-state index is 0.00876. The molecule has 0 aliphatic heterocycles. The molecule has 0 radical (unpaired) electrons. The summed E-state index contributed by atoms with van der Waals surface area (Å²) >= 11 is 0. The van der Waals surface area contributed by atoms with Gasteiger partial charge in [-0.25, -0.2) is 0 Å². The second-order valence-corrected chi connectivity index (χ2v) is 6.05. The first kappa shape index (κ1) is 16.8. The van der Waals surface area contributed by atoms with E-state index in [-0.39, 0.29) is 17.6 Å². The van der Waals surface area contributed by atoms with Crippen LogP contribution < -0.4 is 4.90 Å². The normalized spacial score (nSPS) is 10.6. The van der Waals surface area contributed by atoms with E-state index in [1.807, 2.05) is 36.4 Å². The molecule has 1 amide bonds. The third kappa shape index (κ3) is 4.07. The van der Waals surface area contributed by atoms with Gasteiger partial charge in [0.1, 0.15) is 5.75 Å².